The molecule has 1 aromatic carbocycles. The van der Waals surface area contributed by atoms with Crippen LogP contribution in [0, 0.1) is 6.92 Å². The van der Waals surface area contributed by atoms with Crippen molar-refractivity contribution in [1.82, 2.24) is 4.98 Å². The summed E-state index contributed by atoms with van der Waals surface area (Å²) >= 11 is 13.7. The van der Waals surface area contributed by atoms with Crippen LogP contribution in [0.2, 0.25) is 10.3 Å². The Morgan fingerprint density at radius 3 is 2.47 bits per heavy atom. The minimum Gasteiger partial charge on any atom is -0.378 e. The van der Waals surface area contributed by atoms with Crippen LogP contribution in [0.3, 0.4) is 0 Å². The quantitative estimate of drug-likeness (QED) is 0.633. The van der Waals surface area contributed by atoms with Crippen molar-refractivity contribution in [2.45, 2.75) is 18.4 Å². The minimum atomic E-state index is 0.408. The van der Waals surface area contributed by atoms with Gasteiger partial charge in [-0.15, -0.1) is 11.8 Å². The van der Waals surface area contributed by atoms with Crippen molar-refractivity contribution in [3.05, 3.63) is 51.8 Å². The largest absolute Gasteiger partial charge is 0.378 e. The molecule has 0 atom stereocenters. The Balaban J connectivity index is 2.10. The molecule has 0 unspecified atom stereocenters. The third-order valence-electron chi connectivity index (χ3n) is 2.77. The molecule has 2 rings (SSSR count). The van der Waals surface area contributed by atoms with Crippen LogP contribution in [0.4, 0.5) is 5.69 Å². The van der Waals surface area contributed by atoms with Gasteiger partial charge in [0, 0.05) is 11.4 Å². The van der Waals surface area contributed by atoms with Crippen molar-refractivity contribution in [2.24, 2.45) is 0 Å². The van der Waals surface area contributed by atoms with Gasteiger partial charge >= 0.3 is 0 Å². The van der Waals surface area contributed by atoms with Gasteiger partial charge in [-0.2, -0.15) is 0 Å². The van der Waals surface area contributed by atoms with Gasteiger partial charge < -0.3 is 5.32 Å². The van der Waals surface area contributed by atoms with Gasteiger partial charge in [-0.1, -0.05) is 35.3 Å². The van der Waals surface area contributed by atoms with Gasteiger partial charge in [0.1, 0.15) is 5.15 Å². The third kappa shape index (κ3) is 3.78. The van der Waals surface area contributed by atoms with Gasteiger partial charge in [0.15, 0.2) is 5.15 Å². The fourth-order valence-corrected chi connectivity index (χ4v) is 2.75. The van der Waals surface area contributed by atoms with E-state index in [2.05, 4.69) is 40.8 Å². The predicted molar refractivity (Wildman–Crippen MR) is 84.5 cm³/mol. The normalized spacial score (nSPS) is 10.5. The molecule has 0 amide bonds. The summed E-state index contributed by atoms with van der Waals surface area (Å²) in [6.07, 6.45) is 2.07. The average molecular weight is 313 g/mol. The molecule has 1 N–H and O–H groups in total. The molecule has 0 radical (unpaired) electrons. The zero-order valence-corrected chi connectivity index (χ0v) is 13.0. The number of benzene rings is 1. The van der Waals surface area contributed by atoms with E-state index in [9.17, 15) is 0 Å². The number of anilines is 1. The molecule has 0 aliphatic rings. The lowest BCUT2D eigenvalue weighted by Crippen LogP contribution is -2.02. The number of halogens is 2. The summed E-state index contributed by atoms with van der Waals surface area (Å²) in [6.45, 7) is 2.66. The van der Waals surface area contributed by atoms with Crippen LogP contribution in [0.15, 0.2) is 35.2 Å². The van der Waals surface area contributed by atoms with Crippen LogP contribution in [0.1, 0.15) is 11.1 Å². The van der Waals surface area contributed by atoms with E-state index in [1.54, 1.807) is 17.8 Å². The predicted octanol–water partition coefficient (Wildman–Crippen LogP) is 5.03. The molecule has 0 aliphatic heterocycles. The summed E-state index contributed by atoms with van der Waals surface area (Å²) in [4.78, 5) is 5.29. The van der Waals surface area contributed by atoms with Crippen LogP contribution < -0.4 is 5.32 Å². The summed E-state index contributed by atoms with van der Waals surface area (Å²) in [5.74, 6) is 0. The number of rotatable bonds is 4. The third-order valence-corrected chi connectivity index (χ3v) is 3.98. The molecule has 19 heavy (non-hydrogen) atoms. The highest BCUT2D eigenvalue weighted by molar-refractivity contribution is 7.98. The van der Waals surface area contributed by atoms with Crippen molar-refractivity contribution < 1.29 is 0 Å². The van der Waals surface area contributed by atoms with E-state index in [0.29, 0.717) is 16.9 Å². The van der Waals surface area contributed by atoms with Crippen molar-refractivity contribution in [3.63, 3.8) is 0 Å². The first-order chi connectivity index (χ1) is 9.10. The summed E-state index contributed by atoms with van der Waals surface area (Å²) in [5, 5.41) is 4.12. The van der Waals surface area contributed by atoms with E-state index < -0.39 is 0 Å². The monoisotopic (exact) mass is 312 g/mol. The van der Waals surface area contributed by atoms with Gasteiger partial charge in [0.2, 0.25) is 0 Å². The Labute approximate surface area is 127 Å². The van der Waals surface area contributed by atoms with Crippen molar-refractivity contribution in [3.8, 4) is 0 Å². The molecule has 2 nitrogen and oxygen atoms in total. The smallest absolute Gasteiger partial charge is 0.154 e. The SMILES string of the molecule is CSc1ccc(CNc2c(C)cc(Cl)nc2Cl)cc1. The first-order valence-corrected chi connectivity index (χ1v) is 7.77. The minimum absolute atomic E-state index is 0.408. The Hall–Kier alpha value is -0.900. The molecule has 1 aromatic heterocycles. The molecule has 2 aromatic rings. The summed E-state index contributed by atoms with van der Waals surface area (Å²) in [5.41, 5.74) is 3.02. The van der Waals surface area contributed by atoms with Crippen LogP contribution in [-0.2, 0) is 6.54 Å². The number of thioether (sulfide) groups is 1. The second-order valence-electron chi connectivity index (χ2n) is 4.13. The maximum absolute atomic E-state index is 6.09. The fourth-order valence-electron chi connectivity index (χ4n) is 1.74. The number of nitrogens with zero attached hydrogens (tertiary/aromatic N) is 1. The zero-order chi connectivity index (χ0) is 13.8. The zero-order valence-electron chi connectivity index (χ0n) is 10.7. The van der Waals surface area contributed by atoms with Crippen LogP contribution in [0.25, 0.3) is 0 Å². The highest BCUT2D eigenvalue weighted by atomic mass is 35.5. The van der Waals surface area contributed by atoms with E-state index >= 15 is 0 Å². The Kier molecular flexibility index (Phi) is 4.97. The first kappa shape index (κ1) is 14.5. The van der Waals surface area contributed by atoms with Crippen molar-refractivity contribution in [1.29, 1.82) is 0 Å². The Morgan fingerprint density at radius 2 is 1.89 bits per heavy atom. The second-order valence-corrected chi connectivity index (χ2v) is 5.75. The fraction of sp³-hybridized carbons (Fsp3) is 0.214. The van der Waals surface area contributed by atoms with E-state index in [4.69, 9.17) is 23.2 Å². The van der Waals surface area contributed by atoms with E-state index in [1.807, 2.05) is 6.92 Å². The summed E-state index contributed by atoms with van der Waals surface area (Å²) in [7, 11) is 0. The average Bonchev–Trinajstić information content (AvgIpc) is 2.38. The molecule has 0 bridgehead atoms. The van der Waals surface area contributed by atoms with Crippen molar-refractivity contribution in [2.75, 3.05) is 11.6 Å². The van der Waals surface area contributed by atoms with Crippen LogP contribution >= 0.6 is 35.0 Å². The van der Waals surface area contributed by atoms with Crippen molar-refractivity contribution >= 4 is 40.7 Å². The number of aromatic nitrogens is 1. The molecule has 5 heteroatoms. The second kappa shape index (κ2) is 6.51. The molecule has 0 saturated carbocycles. The topological polar surface area (TPSA) is 24.9 Å². The van der Waals surface area contributed by atoms with Gasteiger partial charge in [-0.25, -0.2) is 4.98 Å². The number of aryl methyl sites for hydroxylation is 1. The van der Waals surface area contributed by atoms with Gasteiger partial charge in [0.25, 0.3) is 0 Å². The van der Waals surface area contributed by atoms with Crippen LogP contribution in [-0.4, -0.2) is 11.2 Å². The lowest BCUT2D eigenvalue weighted by Gasteiger charge is -2.11. The molecule has 0 fully saturated rings. The molecule has 0 saturated heterocycles. The highest BCUT2D eigenvalue weighted by Crippen LogP contribution is 2.27. The van der Waals surface area contributed by atoms with Crippen LogP contribution in [0.5, 0.6) is 0 Å². The summed E-state index contributed by atoms with van der Waals surface area (Å²) < 4.78 is 0. The number of hydrogen-bond acceptors (Lipinski definition) is 3. The van der Waals surface area contributed by atoms with Gasteiger partial charge in [-0.05, 0) is 42.5 Å². The first-order valence-electron chi connectivity index (χ1n) is 5.79. The standard InChI is InChI=1S/C14H14Cl2N2S/c1-9-7-12(15)18-14(16)13(9)17-8-10-3-5-11(19-2)6-4-10/h3-7,17H,8H2,1-2H3. The molecular weight excluding hydrogens is 299 g/mol. The van der Waals surface area contributed by atoms with Gasteiger partial charge in [-0.3, -0.25) is 0 Å². The Morgan fingerprint density at radius 1 is 1.21 bits per heavy atom. The molecule has 1 heterocycles. The molecular formula is C14H14Cl2N2S. The lowest BCUT2D eigenvalue weighted by atomic mass is 10.2. The van der Waals surface area contributed by atoms with Gasteiger partial charge in [0.05, 0.1) is 5.69 Å². The summed E-state index contributed by atoms with van der Waals surface area (Å²) in [6, 6.07) is 10.2. The van der Waals surface area contributed by atoms with E-state index in [-0.39, 0.29) is 0 Å². The lowest BCUT2D eigenvalue weighted by molar-refractivity contribution is 1.12. The molecule has 100 valence electrons. The molecule has 0 spiro atoms. The van der Waals surface area contributed by atoms with E-state index in [1.165, 1.54) is 10.5 Å². The molecule has 0 aliphatic carbocycles. The highest BCUT2D eigenvalue weighted by Gasteiger charge is 2.07. The Bertz CT molecular complexity index is 547. The number of hydrogen-bond donors (Lipinski definition) is 1. The number of pyridine rings is 1. The maximum atomic E-state index is 6.09. The maximum Gasteiger partial charge on any atom is 0.154 e. The number of nitrogens with one attached hydrogen (secondary N) is 1. The van der Waals surface area contributed by atoms with E-state index in [0.717, 1.165) is 11.3 Å².